The quantitative estimate of drug-likeness (QED) is 0.731. The van der Waals surface area contributed by atoms with Gasteiger partial charge in [-0.1, -0.05) is 13.3 Å². The van der Waals surface area contributed by atoms with Crippen molar-refractivity contribution < 1.29 is 9.18 Å². The lowest BCUT2D eigenvalue weighted by atomic mass is 10.2. The van der Waals surface area contributed by atoms with E-state index in [-0.39, 0.29) is 5.91 Å². The van der Waals surface area contributed by atoms with Crippen LogP contribution in [-0.4, -0.2) is 12.5 Å². The van der Waals surface area contributed by atoms with E-state index in [4.69, 9.17) is 0 Å². The summed E-state index contributed by atoms with van der Waals surface area (Å²) in [6.07, 6.45) is 1.99. The fourth-order valence-electron chi connectivity index (χ4n) is 1.03. The summed E-state index contributed by atoms with van der Waals surface area (Å²) < 4.78 is 12.5. The highest BCUT2D eigenvalue weighted by molar-refractivity contribution is 5.94. The molecule has 14 heavy (non-hydrogen) atoms. The van der Waals surface area contributed by atoms with Gasteiger partial charge < -0.3 is 5.32 Å². The van der Waals surface area contributed by atoms with Gasteiger partial charge >= 0.3 is 0 Å². The van der Waals surface area contributed by atoms with Gasteiger partial charge in [0.05, 0.1) is 0 Å². The Morgan fingerprint density at radius 3 is 2.93 bits per heavy atom. The summed E-state index contributed by atoms with van der Waals surface area (Å²) >= 11 is 0. The van der Waals surface area contributed by atoms with Crippen LogP contribution in [0.5, 0.6) is 0 Å². The van der Waals surface area contributed by atoms with E-state index in [2.05, 4.69) is 18.3 Å². The molecule has 3 heteroatoms. The Balaban J connectivity index is 2.48. The molecule has 0 aromatic heterocycles. The van der Waals surface area contributed by atoms with Crippen molar-refractivity contribution in [3.63, 3.8) is 0 Å². The molecule has 0 aliphatic rings. The smallest absolute Gasteiger partial charge is 0.251 e. The van der Waals surface area contributed by atoms with Crippen molar-refractivity contribution in [1.82, 2.24) is 5.32 Å². The molecule has 75 valence electrons. The monoisotopic (exact) mass is 194 g/mol. The molecular weight excluding hydrogens is 181 g/mol. The fraction of sp³-hybridized carbons (Fsp3) is 0.364. The SMILES string of the molecule is CCCCNC(=O)c1c[c]c(F)cc1. The van der Waals surface area contributed by atoms with E-state index in [0.717, 1.165) is 12.8 Å². The number of benzene rings is 1. The summed E-state index contributed by atoms with van der Waals surface area (Å²) in [5.41, 5.74) is 0.447. The standard InChI is InChI=1S/C11H13FNO/c1-2-3-8-13-11(14)9-4-6-10(12)7-5-9/h4-6H,2-3,8H2,1H3,(H,13,14). The molecule has 0 bridgehead atoms. The van der Waals surface area contributed by atoms with Crippen molar-refractivity contribution in [2.75, 3.05) is 6.54 Å². The first-order chi connectivity index (χ1) is 6.74. The van der Waals surface area contributed by atoms with Crippen LogP contribution in [0.2, 0.25) is 0 Å². The van der Waals surface area contributed by atoms with E-state index >= 15 is 0 Å². The van der Waals surface area contributed by atoms with Crippen LogP contribution in [0.15, 0.2) is 18.2 Å². The van der Waals surface area contributed by atoms with Crippen LogP contribution in [0.25, 0.3) is 0 Å². The lowest BCUT2D eigenvalue weighted by Crippen LogP contribution is -2.24. The van der Waals surface area contributed by atoms with E-state index in [1.165, 1.54) is 18.2 Å². The van der Waals surface area contributed by atoms with Crippen LogP contribution >= 0.6 is 0 Å². The molecule has 1 amide bonds. The molecule has 2 nitrogen and oxygen atoms in total. The maximum atomic E-state index is 12.5. The highest BCUT2D eigenvalue weighted by Gasteiger charge is 2.03. The van der Waals surface area contributed by atoms with Gasteiger partial charge in [0.1, 0.15) is 5.82 Å². The van der Waals surface area contributed by atoms with E-state index in [0.29, 0.717) is 12.1 Å². The summed E-state index contributed by atoms with van der Waals surface area (Å²) in [6, 6.07) is 6.38. The Bertz CT molecular complexity index is 295. The van der Waals surface area contributed by atoms with Crippen molar-refractivity contribution in [1.29, 1.82) is 0 Å². The summed E-state index contributed by atoms with van der Waals surface area (Å²) in [6.45, 7) is 2.71. The second kappa shape index (κ2) is 5.37. The number of carbonyl (C=O) groups is 1. The van der Waals surface area contributed by atoms with Crippen LogP contribution in [0.1, 0.15) is 30.1 Å². The van der Waals surface area contributed by atoms with E-state index in [1.807, 2.05) is 0 Å². The first-order valence-corrected chi connectivity index (χ1v) is 4.69. The van der Waals surface area contributed by atoms with Crippen LogP contribution in [0.4, 0.5) is 4.39 Å². The minimum atomic E-state index is -0.449. The first kappa shape index (κ1) is 10.7. The van der Waals surface area contributed by atoms with Crippen molar-refractivity contribution in [3.05, 3.63) is 35.6 Å². The maximum Gasteiger partial charge on any atom is 0.251 e. The zero-order chi connectivity index (χ0) is 10.4. The Hall–Kier alpha value is -1.38. The van der Waals surface area contributed by atoms with Crippen LogP contribution < -0.4 is 5.32 Å². The normalized spacial score (nSPS) is 9.86. The predicted octanol–water partition coefficient (Wildman–Crippen LogP) is 2.16. The van der Waals surface area contributed by atoms with Crippen LogP contribution in [-0.2, 0) is 0 Å². The van der Waals surface area contributed by atoms with Gasteiger partial charge in [-0.2, -0.15) is 0 Å². The summed E-state index contributed by atoms with van der Waals surface area (Å²) in [4.78, 5) is 11.4. The fourth-order valence-corrected chi connectivity index (χ4v) is 1.03. The van der Waals surface area contributed by atoms with Gasteiger partial charge in [0.2, 0.25) is 0 Å². The molecule has 0 saturated carbocycles. The van der Waals surface area contributed by atoms with Gasteiger partial charge in [0, 0.05) is 18.2 Å². The lowest BCUT2D eigenvalue weighted by molar-refractivity contribution is 0.0953. The molecule has 1 N–H and O–H groups in total. The number of carbonyl (C=O) groups excluding carboxylic acids is 1. The average Bonchev–Trinajstić information content (AvgIpc) is 2.19. The third-order valence-electron chi connectivity index (χ3n) is 1.85. The van der Waals surface area contributed by atoms with Crippen molar-refractivity contribution >= 4 is 5.91 Å². The van der Waals surface area contributed by atoms with Gasteiger partial charge in [0.15, 0.2) is 0 Å². The van der Waals surface area contributed by atoms with Gasteiger partial charge in [0.25, 0.3) is 5.91 Å². The number of hydrogen-bond donors (Lipinski definition) is 1. The van der Waals surface area contributed by atoms with E-state index < -0.39 is 5.82 Å². The topological polar surface area (TPSA) is 29.1 Å². The maximum absolute atomic E-state index is 12.5. The van der Waals surface area contributed by atoms with Gasteiger partial charge in [-0.15, -0.1) is 0 Å². The number of rotatable bonds is 4. The highest BCUT2D eigenvalue weighted by Crippen LogP contribution is 2.01. The molecule has 0 fully saturated rings. The van der Waals surface area contributed by atoms with Crippen LogP contribution in [0.3, 0.4) is 0 Å². The molecule has 0 heterocycles. The predicted molar refractivity (Wildman–Crippen MR) is 52.5 cm³/mol. The molecule has 0 aliphatic heterocycles. The molecule has 0 spiro atoms. The summed E-state index contributed by atoms with van der Waals surface area (Å²) in [5, 5.41) is 2.74. The largest absolute Gasteiger partial charge is 0.352 e. The highest BCUT2D eigenvalue weighted by atomic mass is 19.1. The second-order valence-corrected chi connectivity index (χ2v) is 3.03. The van der Waals surface area contributed by atoms with Gasteiger partial charge in [-0.3, -0.25) is 4.79 Å². The van der Waals surface area contributed by atoms with Crippen molar-refractivity contribution in [2.45, 2.75) is 19.8 Å². The molecule has 1 rings (SSSR count). The Morgan fingerprint density at radius 2 is 2.36 bits per heavy atom. The lowest BCUT2D eigenvalue weighted by Gasteiger charge is -2.03. The molecule has 0 atom stereocenters. The third-order valence-corrected chi connectivity index (χ3v) is 1.85. The number of halogens is 1. The minimum Gasteiger partial charge on any atom is -0.352 e. The zero-order valence-corrected chi connectivity index (χ0v) is 8.14. The number of hydrogen-bond acceptors (Lipinski definition) is 1. The Labute approximate surface area is 83.1 Å². The van der Waals surface area contributed by atoms with E-state index in [1.54, 1.807) is 0 Å². The summed E-state index contributed by atoms with van der Waals surface area (Å²) in [7, 11) is 0. The molecular formula is C11H13FNO. The number of unbranched alkanes of at least 4 members (excludes halogenated alkanes) is 1. The molecule has 0 aliphatic carbocycles. The first-order valence-electron chi connectivity index (χ1n) is 4.69. The zero-order valence-electron chi connectivity index (χ0n) is 8.14. The molecule has 1 aromatic rings. The van der Waals surface area contributed by atoms with Gasteiger partial charge in [-0.25, -0.2) is 4.39 Å². The van der Waals surface area contributed by atoms with Crippen molar-refractivity contribution in [3.8, 4) is 0 Å². The Kier molecular flexibility index (Phi) is 4.11. The average molecular weight is 194 g/mol. The molecule has 1 aromatic carbocycles. The third kappa shape index (κ3) is 3.17. The number of nitrogens with one attached hydrogen (secondary N) is 1. The molecule has 1 radical (unpaired) electrons. The van der Waals surface area contributed by atoms with Crippen molar-refractivity contribution in [2.24, 2.45) is 0 Å². The molecule has 0 saturated heterocycles. The number of amides is 1. The summed E-state index contributed by atoms with van der Waals surface area (Å²) in [5.74, 6) is -0.621. The van der Waals surface area contributed by atoms with Crippen LogP contribution in [0, 0.1) is 11.9 Å². The minimum absolute atomic E-state index is 0.172. The Morgan fingerprint density at radius 1 is 1.57 bits per heavy atom. The molecule has 0 unspecified atom stereocenters. The second-order valence-electron chi connectivity index (χ2n) is 3.03. The van der Waals surface area contributed by atoms with E-state index in [9.17, 15) is 9.18 Å². The van der Waals surface area contributed by atoms with Gasteiger partial charge in [-0.05, 0) is 24.6 Å².